The van der Waals surface area contributed by atoms with Crippen LogP contribution in [0.15, 0.2) is 60.7 Å². The molecule has 0 heteroatoms. The van der Waals surface area contributed by atoms with Crippen LogP contribution in [-0.4, -0.2) is 0 Å². The van der Waals surface area contributed by atoms with Gasteiger partial charge in [0.15, 0.2) is 0 Å². The zero-order valence-corrected chi connectivity index (χ0v) is 8.27. The van der Waals surface area contributed by atoms with E-state index >= 15 is 0 Å². The zero-order chi connectivity index (χ0) is 9.80. The van der Waals surface area contributed by atoms with E-state index in [1.165, 1.54) is 17.0 Å². The molecular weight excluding hydrogens is 168 g/mol. The highest BCUT2D eigenvalue weighted by Crippen LogP contribution is 2.19. The summed E-state index contributed by atoms with van der Waals surface area (Å²) in [5.74, 6) is 1.26. The minimum absolute atomic E-state index is 1.26. The molecule has 2 rings (SSSR count). The average Bonchev–Trinajstić information content (AvgIpc) is 2.47. The molecule has 1 aromatic rings. The highest BCUT2D eigenvalue weighted by atomic mass is 14.1. The van der Waals surface area contributed by atoms with E-state index in [9.17, 15) is 0 Å². The van der Waals surface area contributed by atoms with Crippen molar-refractivity contribution in [2.75, 3.05) is 0 Å². The first-order chi connectivity index (χ1) is 6.86. The van der Waals surface area contributed by atoms with E-state index in [-0.39, 0.29) is 0 Å². The maximum absolute atomic E-state index is 2.16. The lowest BCUT2D eigenvalue weighted by molar-refractivity contribution is 1.34. The summed E-state index contributed by atoms with van der Waals surface area (Å²) in [7, 11) is 0. The molecule has 0 spiro atoms. The molecule has 14 heavy (non-hydrogen) atoms. The molecule has 0 fully saturated rings. The van der Waals surface area contributed by atoms with Gasteiger partial charge in [-0.15, -0.1) is 54.2 Å². The van der Waals surface area contributed by atoms with Crippen LogP contribution in [0.3, 0.4) is 0 Å². The molecule has 0 heterocycles. The Morgan fingerprint density at radius 2 is 1.36 bits per heavy atom. The van der Waals surface area contributed by atoms with Crippen molar-refractivity contribution >= 4 is 0 Å². The Hall–Kier alpha value is -1.69. The van der Waals surface area contributed by atoms with Gasteiger partial charge in [-0.3, -0.25) is 0 Å². The quantitative estimate of drug-likeness (QED) is 0.581. The van der Waals surface area contributed by atoms with Crippen LogP contribution in [0.5, 0.6) is 0 Å². The molecular formula is C14H13-. The van der Waals surface area contributed by atoms with Crippen molar-refractivity contribution in [3.05, 3.63) is 77.8 Å². The Labute approximate surface area is 85.3 Å². The predicted octanol–water partition coefficient (Wildman–Crippen LogP) is 3.60. The van der Waals surface area contributed by atoms with Gasteiger partial charge in [-0.05, 0) is 6.92 Å². The van der Waals surface area contributed by atoms with Crippen LogP contribution in [-0.2, 0) is 0 Å². The Morgan fingerprint density at radius 1 is 0.786 bits per heavy atom. The summed E-state index contributed by atoms with van der Waals surface area (Å²) in [6.45, 7) is 2.11. The van der Waals surface area contributed by atoms with Crippen LogP contribution in [0.2, 0.25) is 0 Å². The van der Waals surface area contributed by atoms with E-state index in [1.807, 2.05) is 12.2 Å². The van der Waals surface area contributed by atoms with Gasteiger partial charge in [-0.25, -0.2) is 0 Å². The van der Waals surface area contributed by atoms with Crippen molar-refractivity contribution in [1.29, 1.82) is 0 Å². The lowest BCUT2D eigenvalue weighted by Gasteiger charge is -2.14. The van der Waals surface area contributed by atoms with Crippen LogP contribution >= 0.6 is 0 Å². The van der Waals surface area contributed by atoms with E-state index in [2.05, 4.69) is 55.5 Å². The summed E-state index contributed by atoms with van der Waals surface area (Å²) >= 11 is 0. The maximum atomic E-state index is 2.16. The highest BCUT2D eigenvalue weighted by molar-refractivity contribution is 5.47. The van der Waals surface area contributed by atoms with Crippen molar-refractivity contribution in [3.63, 3.8) is 0 Å². The number of allylic oxidation sites excluding steroid dienone is 6. The largest absolute Gasteiger partial charge is 0.121 e. The van der Waals surface area contributed by atoms with Crippen LogP contribution in [0.1, 0.15) is 11.1 Å². The van der Waals surface area contributed by atoms with Gasteiger partial charge in [-0.2, -0.15) is 0 Å². The second kappa shape index (κ2) is 4.01. The van der Waals surface area contributed by atoms with Crippen molar-refractivity contribution in [2.45, 2.75) is 6.92 Å². The molecule has 0 aromatic heterocycles. The smallest absolute Gasteiger partial charge is 0.0410 e. The van der Waals surface area contributed by atoms with Crippen LogP contribution in [0, 0.1) is 12.8 Å². The lowest BCUT2D eigenvalue weighted by Crippen LogP contribution is -1.91. The molecule has 0 N–H and O–H groups in total. The monoisotopic (exact) mass is 181 g/mol. The molecule has 0 unspecified atom stereocenters. The topological polar surface area (TPSA) is 0 Å². The number of aryl methyl sites for hydroxylation is 1. The van der Waals surface area contributed by atoms with E-state index in [0.717, 1.165) is 0 Å². The molecule has 0 aliphatic heterocycles. The fourth-order valence-electron chi connectivity index (χ4n) is 1.44. The van der Waals surface area contributed by atoms with Crippen molar-refractivity contribution < 1.29 is 0 Å². The van der Waals surface area contributed by atoms with Crippen LogP contribution in [0.4, 0.5) is 0 Å². The van der Waals surface area contributed by atoms with Crippen molar-refractivity contribution in [1.82, 2.24) is 0 Å². The molecule has 0 radical (unpaired) electrons. The first-order valence-corrected chi connectivity index (χ1v) is 4.82. The Morgan fingerprint density at radius 3 is 1.93 bits per heavy atom. The molecule has 0 saturated carbocycles. The van der Waals surface area contributed by atoms with Gasteiger partial charge in [0.1, 0.15) is 0 Å². The Kier molecular flexibility index (Phi) is 2.55. The fraction of sp³-hybridized carbons (Fsp3) is 0.0714. The van der Waals surface area contributed by atoms with Gasteiger partial charge in [0.25, 0.3) is 0 Å². The minimum Gasteiger partial charge on any atom is -0.121 e. The summed E-state index contributed by atoms with van der Waals surface area (Å²) in [6.07, 6.45) is 12.5. The summed E-state index contributed by atoms with van der Waals surface area (Å²) in [5.41, 5.74) is 2.57. The predicted molar refractivity (Wildman–Crippen MR) is 60.9 cm³/mol. The molecule has 1 aliphatic rings. The number of rotatable bonds is 1. The molecule has 0 atom stereocenters. The molecule has 0 nitrogen and oxygen atoms in total. The third-order valence-electron chi connectivity index (χ3n) is 2.27. The van der Waals surface area contributed by atoms with E-state index in [0.29, 0.717) is 0 Å². The number of hydrogen-bond acceptors (Lipinski definition) is 0. The van der Waals surface area contributed by atoms with Gasteiger partial charge in [0, 0.05) is 0 Å². The Bertz CT molecular complexity index is 361. The summed E-state index contributed by atoms with van der Waals surface area (Å²) in [4.78, 5) is 0. The second-order valence-electron chi connectivity index (χ2n) is 3.42. The lowest BCUT2D eigenvalue weighted by atomic mass is 9.98. The summed E-state index contributed by atoms with van der Waals surface area (Å²) in [6, 6.07) is 8.60. The highest BCUT2D eigenvalue weighted by Gasteiger charge is 1.95. The van der Waals surface area contributed by atoms with Gasteiger partial charge in [-0.1, -0.05) is 23.6 Å². The van der Waals surface area contributed by atoms with E-state index < -0.39 is 0 Å². The number of benzene rings is 1. The summed E-state index contributed by atoms with van der Waals surface area (Å²) in [5, 5.41) is 0. The van der Waals surface area contributed by atoms with Gasteiger partial charge in [0.05, 0.1) is 0 Å². The third-order valence-corrected chi connectivity index (χ3v) is 2.27. The summed E-state index contributed by atoms with van der Waals surface area (Å²) < 4.78 is 0. The minimum atomic E-state index is 1.26. The first-order valence-electron chi connectivity index (χ1n) is 4.82. The van der Waals surface area contributed by atoms with Crippen molar-refractivity contribution in [3.8, 4) is 0 Å². The molecule has 70 valence electrons. The zero-order valence-electron chi connectivity index (χ0n) is 8.27. The third kappa shape index (κ3) is 1.97. The van der Waals surface area contributed by atoms with Crippen molar-refractivity contribution in [2.24, 2.45) is 0 Å². The maximum Gasteiger partial charge on any atom is -0.0410 e. The molecule has 1 aromatic carbocycles. The molecule has 0 amide bonds. The fourth-order valence-corrected chi connectivity index (χ4v) is 1.44. The van der Waals surface area contributed by atoms with Gasteiger partial charge < -0.3 is 0 Å². The van der Waals surface area contributed by atoms with Crippen LogP contribution < -0.4 is 0 Å². The SMILES string of the molecule is Cc1ccc([C-]2C=CC=CC=C2)cc1. The molecule has 0 bridgehead atoms. The van der Waals surface area contributed by atoms with Crippen LogP contribution in [0.25, 0.3) is 0 Å². The first kappa shape index (κ1) is 8.89. The van der Waals surface area contributed by atoms with Gasteiger partial charge >= 0.3 is 0 Å². The number of hydrogen-bond donors (Lipinski definition) is 0. The van der Waals surface area contributed by atoms with Gasteiger partial charge in [0.2, 0.25) is 0 Å². The van der Waals surface area contributed by atoms with E-state index in [4.69, 9.17) is 0 Å². The average molecular weight is 181 g/mol. The molecule has 1 aliphatic carbocycles. The normalized spacial score (nSPS) is 14.5. The second-order valence-corrected chi connectivity index (χ2v) is 3.42. The Balaban J connectivity index is 2.27. The molecule has 0 saturated heterocycles. The van der Waals surface area contributed by atoms with E-state index in [1.54, 1.807) is 0 Å². The standard InChI is InChI=1S/C14H13/c1-12-8-10-14(11-9-12)13-6-4-2-3-5-7-13/h2-11H,1H3/q-1.